The van der Waals surface area contributed by atoms with E-state index in [9.17, 15) is 13.9 Å². The lowest BCUT2D eigenvalue weighted by atomic mass is 9.88. The Balaban J connectivity index is 2.00. The molecular formula is C19H29F2N3OS. The van der Waals surface area contributed by atoms with Crippen molar-refractivity contribution in [3.8, 4) is 0 Å². The molecule has 0 spiro atoms. The summed E-state index contributed by atoms with van der Waals surface area (Å²) in [5.41, 5.74) is -1.38. The van der Waals surface area contributed by atoms with Gasteiger partial charge in [0.25, 0.3) is 0 Å². The molecule has 2 rings (SSSR count). The summed E-state index contributed by atoms with van der Waals surface area (Å²) in [4.78, 5) is 7.39. The van der Waals surface area contributed by atoms with Gasteiger partial charge in [0, 0.05) is 31.2 Å². The second-order valence-corrected chi connectivity index (χ2v) is 7.92. The first-order valence-corrected chi connectivity index (χ1v) is 9.95. The standard InChI is InChI=1S/C19H29F2N3OS/c1-4-24-11-8-15(9-12-24)23-18-22-13-17(26-18)19(3,25)14(2)16(21)7-5-6-10-20/h5-7,13-15,25H,4,8-12H2,1-3H3,(H,22,23)/b6-5-,16-7+. The van der Waals surface area contributed by atoms with Crippen molar-refractivity contribution in [3.63, 3.8) is 0 Å². The molecule has 26 heavy (non-hydrogen) atoms. The Kier molecular flexibility index (Phi) is 7.73. The van der Waals surface area contributed by atoms with Crippen LogP contribution in [0.5, 0.6) is 0 Å². The van der Waals surface area contributed by atoms with Gasteiger partial charge < -0.3 is 15.3 Å². The fourth-order valence-corrected chi connectivity index (χ4v) is 4.01. The highest BCUT2D eigenvalue weighted by atomic mass is 32.1. The maximum Gasteiger partial charge on any atom is 0.183 e. The van der Waals surface area contributed by atoms with Crippen molar-refractivity contribution in [2.24, 2.45) is 5.92 Å². The molecule has 0 radical (unpaired) electrons. The van der Waals surface area contributed by atoms with Crippen LogP contribution in [0, 0.1) is 5.92 Å². The number of likely N-dealkylation sites (tertiary alicyclic amines) is 1. The number of hydrogen-bond acceptors (Lipinski definition) is 5. The minimum Gasteiger partial charge on any atom is -0.384 e. The zero-order chi connectivity index (χ0) is 19.2. The number of thiazole rings is 1. The largest absolute Gasteiger partial charge is 0.384 e. The second-order valence-electron chi connectivity index (χ2n) is 6.89. The first-order valence-electron chi connectivity index (χ1n) is 9.14. The molecule has 2 heterocycles. The quantitative estimate of drug-likeness (QED) is 0.657. The molecule has 146 valence electrons. The van der Waals surface area contributed by atoms with E-state index < -0.39 is 24.0 Å². The molecule has 0 amide bonds. The van der Waals surface area contributed by atoms with Crippen molar-refractivity contribution in [3.05, 3.63) is 35.1 Å². The number of halogens is 2. The average molecular weight is 386 g/mol. The number of nitrogens with zero attached hydrogens (tertiary/aromatic N) is 2. The highest BCUT2D eigenvalue weighted by molar-refractivity contribution is 7.15. The summed E-state index contributed by atoms with van der Waals surface area (Å²) in [6.07, 6.45) is 7.47. The minimum atomic E-state index is -1.38. The predicted octanol–water partition coefficient (Wildman–Crippen LogP) is 4.26. The van der Waals surface area contributed by atoms with E-state index in [0.717, 1.165) is 37.6 Å². The Morgan fingerprint density at radius 3 is 2.85 bits per heavy atom. The van der Waals surface area contributed by atoms with E-state index in [1.165, 1.54) is 29.6 Å². The molecule has 1 fully saturated rings. The number of alkyl halides is 1. The van der Waals surface area contributed by atoms with E-state index in [1.54, 1.807) is 20.0 Å². The van der Waals surface area contributed by atoms with Crippen LogP contribution in [0.1, 0.15) is 38.5 Å². The number of piperidine rings is 1. The van der Waals surface area contributed by atoms with Crippen molar-refractivity contribution in [1.29, 1.82) is 0 Å². The van der Waals surface area contributed by atoms with Crippen LogP contribution in [0.2, 0.25) is 0 Å². The Bertz CT molecular complexity index is 622. The minimum absolute atomic E-state index is 0.377. The maximum atomic E-state index is 14.2. The molecule has 0 bridgehead atoms. The molecule has 1 aliphatic rings. The van der Waals surface area contributed by atoms with Crippen LogP contribution in [-0.2, 0) is 5.60 Å². The Morgan fingerprint density at radius 2 is 2.23 bits per heavy atom. The summed E-state index contributed by atoms with van der Waals surface area (Å²) in [5.74, 6) is -1.25. The Labute approximate surface area is 158 Å². The van der Waals surface area contributed by atoms with Gasteiger partial charge in [-0.15, -0.1) is 0 Å². The van der Waals surface area contributed by atoms with Crippen molar-refractivity contribution >= 4 is 16.5 Å². The fourth-order valence-electron chi connectivity index (χ4n) is 2.98. The summed E-state index contributed by atoms with van der Waals surface area (Å²) < 4.78 is 26.3. The van der Waals surface area contributed by atoms with E-state index in [2.05, 4.69) is 22.1 Å². The molecule has 1 aliphatic heterocycles. The smallest absolute Gasteiger partial charge is 0.183 e. The lowest BCUT2D eigenvalue weighted by Gasteiger charge is -2.31. The number of aromatic nitrogens is 1. The zero-order valence-corrected chi connectivity index (χ0v) is 16.5. The van der Waals surface area contributed by atoms with Crippen molar-refractivity contribution in [2.75, 3.05) is 31.6 Å². The van der Waals surface area contributed by atoms with Crippen molar-refractivity contribution in [2.45, 2.75) is 45.3 Å². The molecule has 1 aromatic heterocycles. The van der Waals surface area contributed by atoms with E-state index in [4.69, 9.17) is 0 Å². The average Bonchev–Trinajstić information content (AvgIpc) is 3.11. The topological polar surface area (TPSA) is 48.4 Å². The summed E-state index contributed by atoms with van der Waals surface area (Å²) in [5, 5.41) is 15.0. The number of rotatable bonds is 8. The first-order chi connectivity index (χ1) is 12.4. The third-order valence-electron chi connectivity index (χ3n) is 5.10. The second kappa shape index (κ2) is 9.58. The van der Waals surface area contributed by atoms with Gasteiger partial charge in [-0.3, -0.25) is 0 Å². The summed E-state index contributed by atoms with van der Waals surface area (Å²) >= 11 is 1.36. The van der Waals surface area contributed by atoms with E-state index in [1.807, 2.05) is 0 Å². The summed E-state index contributed by atoms with van der Waals surface area (Å²) in [6, 6.07) is 0.377. The number of nitrogens with one attached hydrogen (secondary N) is 1. The van der Waals surface area contributed by atoms with Crippen LogP contribution in [0.15, 0.2) is 30.3 Å². The Hall–Kier alpha value is -1.31. The first kappa shape index (κ1) is 21.0. The number of anilines is 1. The van der Waals surface area contributed by atoms with Crippen molar-refractivity contribution in [1.82, 2.24) is 9.88 Å². The summed E-state index contributed by atoms with van der Waals surface area (Å²) in [7, 11) is 0. The van der Waals surface area contributed by atoms with Gasteiger partial charge in [0.05, 0.1) is 4.88 Å². The predicted molar refractivity (Wildman–Crippen MR) is 104 cm³/mol. The third-order valence-corrected chi connectivity index (χ3v) is 6.26. The van der Waals surface area contributed by atoms with Gasteiger partial charge in [-0.1, -0.05) is 37.3 Å². The van der Waals surface area contributed by atoms with Gasteiger partial charge in [-0.25, -0.2) is 13.8 Å². The molecule has 1 aromatic rings. The summed E-state index contributed by atoms with van der Waals surface area (Å²) in [6.45, 7) is 7.95. The number of allylic oxidation sites excluding steroid dienone is 3. The molecule has 7 heteroatoms. The van der Waals surface area contributed by atoms with E-state index in [0.29, 0.717) is 10.9 Å². The molecule has 2 unspecified atom stereocenters. The lowest BCUT2D eigenvalue weighted by Crippen LogP contribution is -2.38. The Morgan fingerprint density at radius 1 is 1.54 bits per heavy atom. The van der Waals surface area contributed by atoms with Gasteiger partial charge in [-0.2, -0.15) is 0 Å². The van der Waals surface area contributed by atoms with Crippen molar-refractivity contribution < 1.29 is 13.9 Å². The molecular weight excluding hydrogens is 356 g/mol. The van der Waals surface area contributed by atoms with Crippen LogP contribution < -0.4 is 5.32 Å². The molecule has 4 nitrogen and oxygen atoms in total. The third kappa shape index (κ3) is 5.34. The number of aliphatic hydroxyl groups is 1. The maximum absolute atomic E-state index is 14.2. The normalized spacial score (nSPS) is 21.1. The fraction of sp³-hybridized carbons (Fsp3) is 0.632. The van der Waals surface area contributed by atoms with Crippen LogP contribution in [0.25, 0.3) is 0 Å². The van der Waals surface area contributed by atoms with Gasteiger partial charge >= 0.3 is 0 Å². The molecule has 1 saturated heterocycles. The van der Waals surface area contributed by atoms with Crippen LogP contribution in [0.3, 0.4) is 0 Å². The zero-order valence-electron chi connectivity index (χ0n) is 15.7. The molecule has 0 saturated carbocycles. The monoisotopic (exact) mass is 385 g/mol. The van der Waals surface area contributed by atoms with E-state index >= 15 is 0 Å². The van der Waals surface area contributed by atoms with Gasteiger partial charge in [0.1, 0.15) is 18.1 Å². The molecule has 2 atom stereocenters. The van der Waals surface area contributed by atoms with E-state index in [-0.39, 0.29) is 0 Å². The van der Waals surface area contributed by atoms with Gasteiger partial charge in [0.15, 0.2) is 5.13 Å². The van der Waals surface area contributed by atoms with Gasteiger partial charge in [-0.05, 0) is 32.4 Å². The van der Waals surface area contributed by atoms with Crippen LogP contribution in [-0.4, -0.2) is 47.3 Å². The number of hydrogen-bond donors (Lipinski definition) is 2. The van der Waals surface area contributed by atoms with Gasteiger partial charge in [0.2, 0.25) is 0 Å². The molecule has 0 aliphatic carbocycles. The molecule has 0 aromatic carbocycles. The SMILES string of the molecule is CCN1CCC(Nc2ncc(C(C)(O)C(C)/C(F)=C\C=C/CF)s2)CC1. The highest BCUT2D eigenvalue weighted by Crippen LogP contribution is 2.38. The van der Waals surface area contributed by atoms with Crippen LogP contribution in [0.4, 0.5) is 13.9 Å². The lowest BCUT2D eigenvalue weighted by molar-refractivity contribution is 0.0115. The highest BCUT2D eigenvalue weighted by Gasteiger charge is 2.35. The van der Waals surface area contributed by atoms with Crippen LogP contribution >= 0.6 is 11.3 Å². The molecule has 2 N–H and O–H groups in total.